The zero-order valence-corrected chi connectivity index (χ0v) is 18.4. The quantitative estimate of drug-likeness (QED) is 0.162. The molecule has 3 saturated heterocycles. The molecular formula is C18H32O14S. The van der Waals surface area contributed by atoms with Gasteiger partial charge in [-0.1, -0.05) is 0 Å². The van der Waals surface area contributed by atoms with Crippen LogP contribution in [0.15, 0.2) is 0 Å². The van der Waals surface area contributed by atoms with E-state index in [2.05, 4.69) is 0 Å². The summed E-state index contributed by atoms with van der Waals surface area (Å²) >= 11 is 0.728. The van der Waals surface area contributed by atoms with E-state index >= 15 is 0 Å². The van der Waals surface area contributed by atoms with E-state index in [1.54, 1.807) is 0 Å². The maximum atomic E-state index is 10.6. The lowest BCUT2D eigenvalue weighted by Crippen LogP contribution is -2.65. The van der Waals surface area contributed by atoms with Crippen molar-refractivity contribution < 1.29 is 70.0 Å². The van der Waals surface area contributed by atoms with Gasteiger partial charge in [0.1, 0.15) is 66.5 Å². The Hall–Kier alpha value is -0.210. The standard InChI is InChI=1S/C18H32O14S/c1-4-7(21)9(23)11(25)17(29-4)32-15-13(27)16(28)33-6(3-20)14(15)31-18-12(26)10(24)8(22)5(2-19)30-18/h4-28H,2-3H2,1H3/t4?,5?,6?,7-,8-,9?,10?,11?,12?,13?,14-,15?,16?,17-,18-/m0/s1. The van der Waals surface area contributed by atoms with Crippen LogP contribution in [-0.2, 0) is 18.9 Å². The molecule has 0 spiro atoms. The van der Waals surface area contributed by atoms with Crippen LogP contribution in [0.1, 0.15) is 6.92 Å². The van der Waals surface area contributed by atoms with Crippen molar-refractivity contribution in [2.24, 2.45) is 0 Å². The second-order valence-corrected chi connectivity index (χ2v) is 9.68. The van der Waals surface area contributed by atoms with Crippen molar-refractivity contribution in [2.45, 2.75) is 97.3 Å². The Kier molecular flexibility index (Phi) is 9.32. The van der Waals surface area contributed by atoms with Gasteiger partial charge in [-0.2, -0.15) is 0 Å². The molecule has 3 rings (SSSR count). The van der Waals surface area contributed by atoms with Gasteiger partial charge in [0.15, 0.2) is 12.6 Å². The minimum Gasteiger partial charge on any atom is -0.395 e. The van der Waals surface area contributed by atoms with Crippen molar-refractivity contribution in [1.29, 1.82) is 0 Å². The van der Waals surface area contributed by atoms with Gasteiger partial charge in [-0.05, 0) is 6.92 Å². The van der Waals surface area contributed by atoms with Crippen molar-refractivity contribution in [1.82, 2.24) is 0 Å². The molecule has 0 radical (unpaired) electrons. The van der Waals surface area contributed by atoms with E-state index in [9.17, 15) is 51.1 Å². The van der Waals surface area contributed by atoms with Crippen LogP contribution >= 0.6 is 11.8 Å². The van der Waals surface area contributed by atoms with Gasteiger partial charge in [0.05, 0.1) is 24.6 Å². The second-order valence-electron chi connectivity index (χ2n) is 8.32. The van der Waals surface area contributed by atoms with E-state index in [1.165, 1.54) is 6.92 Å². The van der Waals surface area contributed by atoms with Gasteiger partial charge in [-0.3, -0.25) is 0 Å². The Balaban J connectivity index is 1.83. The van der Waals surface area contributed by atoms with Crippen molar-refractivity contribution >= 4 is 11.8 Å². The summed E-state index contributed by atoms with van der Waals surface area (Å²) in [6.45, 7) is 0.105. The monoisotopic (exact) mass is 504 g/mol. The van der Waals surface area contributed by atoms with E-state index in [0.717, 1.165) is 11.8 Å². The summed E-state index contributed by atoms with van der Waals surface area (Å²) in [6, 6.07) is 0. The molecule has 14 nitrogen and oxygen atoms in total. The van der Waals surface area contributed by atoms with Crippen LogP contribution in [0.2, 0.25) is 0 Å². The summed E-state index contributed by atoms with van der Waals surface area (Å²) in [7, 11) is 0. The highest BCUT2D eigenvalue weighted by molar-refractivity contribution is 8.00. The topological polar surface area (TPSA) is 239 Å². The second kappa shape index (κ2) is 11.2. The number of aliphatic hydroxyl groups excluding tert-OH is 10. The molecule has 15 heteroatoms. The molecule has 0 aromatic carbocycles. The normalized spacial score (nSPS) is 53.7. The number of hydrogen-bond acceptors (Lipinski definition) is 15. The van der Waals surface area contributed by atoms with Crippen LogP contribution < -0.4 is 0 Å². The molecule has 10 N–H and O–H groups in total. The van der Waals surface area contributed by atoms with Crippen LogP contribution in [-0.4, -0.2) is 155 Å². The van der Waals surface area contributed by atoms with E-state index in [1.807, 2.05) is 0 Å². The number of rotatable bonds is 6. The third-order valence-electron chi connectivity index (χ3n) is 6.05. The van der Waals surface area contributed by atoms with Gasteiger partial charge in [0, 0.05) is 0 Å². The molecule has 3 fully saturated rings. The third-order valence-corrected chi connectivity index (χ3v) is 7.38. The van der Waals surface area contributed by atoms with Crippen LogP contribution in [0, 0.1) is 0 Å². The van der Waals surface area contributed by atoms with Crippen molar-refractivity contribution in [3.63, 3.8) is 0 Å². The molecule has 0 aliphatic carbocycles. The van der Waals surface area contributed by atoms with Crippen molar-refractivity contribution in [3.8, 4) is 0 Å². The zero-order chi connectivity index (χ0) is 24.6. The molecule has 10 unspecified atom stereocenters. The first-order valence-corrected chi connectivity index (χ1v) is 11.4. The fraction of sp³-hybridized carbons (Fsp3) is 1.00. The SMILES string of the molecule is CC1O[C@@H](OC2C(O)C(O)SC(CO)[C@@H]2O[C@@H]2OC(CO)[C@H](O)C(O)C2O)C(O)C(O)[C@H]1O. The predicted molar refractivity (Wildman–Crippen MR) is 106 cm³/mol. The Morgan fingerprint density at radius 1 is 0.636 bits per heavy atom. The molecule has 0 amide bonds. The van der Waals surface area contributed by atoms with E-state index in [0.29, 0.717) is 0 Å². The average molecular weight is 505 g/mol. The Labute approximate surface area is 192 Å². The lowest BCUT2D eigenvalue weighted by Gasteiger charge is -2.48. The largest absolute Gasteiger partial charge is 0.395 e. The van der Waals surface area contributed by atoms with Gasteiger partial charge in [0.2, 0.25) is 0 Å². The van der Waals surface area contributed by atoms with Crippen LogP contribution in [0.3, 0.4) is 0 Å². The maximum Gasteiger partial charge on any atom is 0.187 e. The summed E-state index contributed by atoms with van der Waals surface area (Å²) < 4.78 is 22.0. The molecule has 0 aromatic rings. The van der Waals surface area contributed by atoms with Gasteiger partial charge in [-0.25, -0.2) is 0 Å². The number of hydrogen-bond donors (Lipinski definition) is 10. The van der Waals surface area contributed by atoms with Crippen LogP contribution in [0.4, 0.5) is 0 Å². The first kappa shape index (κ1) is 27.4. The molecule has 3 aliphatic heterocycles. The summed E-state index contributed by atoms with van der Waals surface area (Å²) in [6.07, 6.45) is -20.0. The molecule has 0 saturated carbocycles. The van der Waals surface area contributed by atoms with Gasteiger partial charge >= 0.3 is 0 Å². The number of aliphatic hydroxyl groups is 10. The van der Waals surface area contributed by atoms with E-state index < -0.39 is 104 Å². The average Bonchev–Trinajstić information content (AvgIpc) is 2.80. The van der Waals surface area contributed by atoms with E-state index in [4.69, 9.17) is 18.9 Å². The fourth-order valence-corrected chi connectivity index (χ4v) is 5.12. The van der Waals surface area contributed by atoms with Crippen LogP contribution in [0.5, 0.6) is 0 Å². The summed E-state index contributed by atoms with van der Waals surface area (Å²) in [4.78, 5) is 0. The highest BCUT2D eigenvalue weighted by Gasteiger charge is 2.53. The summed E-state index contributed by atoms with van der Waals surface area (Å²) in [5.41, 5.74) is -1.46. The lowest BCUT2D eigenvalue weighted by molar-refractivity contribution is -0.346. The van der Waals surface area contributed by atoms with Crippen molar-refractivity contribution in [3.05, 3.63) is 0 Å². The van der Waals surface area contributed by atoms with Gasteiger partial charge in [-0.15, -0.1) is 11.8 Å². The number of ether oxygens (including phenoxy) is 4. The summed E-state index contributed by atoms with van der Waals surface area (Å²) in [5.74, 6) is 0. The van der Waals surface area contributed by atoms with Gasteiger partial charge < -0.3 is 70.0 Å². The minimum atomic E-state index is -1.79. The van der Waals surface area contributed by atoms with Crippen LogP contribution in [0.25, 0.3) is 0 Å². The molecule has 15 atom stereocenters. The molecular weight excluding hydrogens is 472 g/mol. The lowest BCUT2D eigenvalue weighted by atomic mass is 9.98. The highest BCUT2D eigenvalue weighted by atomic mass is 32.2. The molecule has 194 valence electrons. The zero-order valence-electron chi connectivity index (χ0n) is 17.6. The Morgan fingerprint density at radius 2 is 1.18 bits per heavy atom. The maximum absolute atomic E-state index is 10.6. The minimum absolute atomic E-state index is 0.595. The first-order valence-electron chi connectivity index (χ1n) is 10.4. The number of thioether (sulfide) groups is 1. The highest BCUT2D eigenvalue weighted by Crippen LogP contribution is 2.38. The predicted octanol–water partition coefficient (Wildman–Crippen LogP) is -5.83. The smallest absolute Gasteiger partial charge is 0.187 e. The Morgan fingerprint density at radius 3 is 1.76 bits per heavy atom. The molecule has 0 bridgehead atoms. The molecule has 3 heterocycles. The van der Waals surface area contributed by atoms with E-state index in [-0.39, 0.29) is 0 Å². The summed E-state index contributed by atoms with van der Waals surface area (Å²) in [5, 5.41) is 99.4. The third kappa shape index (κ3) is 5.47. The molecule has 3 aliphatic rings. The van der Waals surface area contributed by atoms with Crippen molar-refractivity contribution in [2.75, 3.05) is 13.2 Å². The van der Waals surface area contributed by atoms with Gasteiger partial charge in [0.25, 0.3) is 0 Å². The molecule has 0 aromatic heterocycles. The first-order chi connectivity index (χ1) is 15.5. The fourth-order valence-electron chi connectivity index (χ4n) is 3.99. The Bertz CT molecular complexity index is 629. The molecule has 33 heavy (non-hydrogen) atoms.